The molecule has 108 valence electrons. The predicted octanol–water partition coefficient (Wildman–Crippen LogP) is 3.28. The Morgan fingerprint density at radius 2 is 1.95 bits per heavy atom. The van der Waals surface area contributed by atoms with Crippen molar-refractivity contribution >= 4 is 16.9 Å². The van der Waals surface area contributed by atoms with Crippen molar-refractivity contribution in [1.82, 2.24) is 15.2 Å². The lowest BCUT2D eigenvalue weighted by atomic mass is 10.1. The van der Waals surface area contributed by atoms with E-state index in [1.165, 1.54) is 18.2 Å². The molecular weight excluding hydrogens is 287 g/mol. The first kappa shape index (κ1) is 13.2. The number of aromatic nitrogens is 3. The van der Waals surface area contributed by atoms with E-state index in [2.05, 4.69) is 15.2 Å². The van der Waals surface area contributed by atoms with Gasteiger partial charge in [-0.25, -0.2) is 4.79 Å². The first-order valence-corrected chi connectivity index (χ1v) is 5.83. The van der Waals surface area contributed by atoms with Crippen LogP contribution in [0.3, 0.4) is 0 Å². The van der Waals surface area contributed by atoms with Gasteiger partial charge in [0.1, 0.15) is 11.4 Å². The van der Waals surface area contributed by atoms with E-state index in [0.717, 1.165) is 6.07 Å². The van der Waals surface area contributed by atoms with Gasteiger partial charge in [-0.15, -0.1) is 0 Å². The fourth-order valence-electron chi connectivity index (χ4n) is 2.02. The number of nitrogens with one attached hydrogen (secondary N) is 2. The molecule has 2 aromatic heterocycles. The lowest BCUT2D eigenvalue weighted by Crippen LogP contribution is -2.04. The Labute approximate surface area is 115 Å². The van der Waals surface area contributed by atoms with E-state index in [4.69, 9.17) is 5.11 Å². The second-order valence-corrected chi connectivity index (χ2v) is 4.45. The number of benzene rings is 1. The molecule has 0 atom stereocenters. The number of carbonyl (C=O) groups is 1. The van der Waals surface area contributed by atoms with Crippen LogP contribution in [0.5, 0.6) is 0 Å². The molecule has 0 bridgehead atoms. The molecule has 0 aliphatic carbocycles. The Hall–Kier alpha value is -2.77. The van der Waals surface area contributed by atoms with Gasteiger partial charge >= 0.3 is 12.1 Å². The van der Waals surface area contributed by atoms with Crippen molar-refractivity contribution < 1.29 is 23.1 Å². The van der Waals surface area contributed by atoms with Crippen LogP contribution in [-0.4, -0.2) is 26.3 Å². The maximum Gasteiger partial charge on any atom is 0.431 e. The second kappa shape index (κ2) is 4.37. The molecule has 0 unspecified atom stereocenters. The molecule has 0 aliphatic heterocycles. The lowest BCUT2D eigenvalue weighted by molar-refractivity contribution is -0.140. The standard InChI is InChI=1S/C13H8F3N3O2/c14-13(15,16)11-4-7-3-6(1-2-8(7)17-11)9-5-10(12(20)21)19-18-9/h1-5,17H,(H,18,19)(H,20,21). The summed E-state index contributed by atoms with van der Waals surface area (Å²) < 4.78 is 37.9. The number of rotatable bonds is 2. The van der Waals surface area contributed by atoms with Crippen molar-refractivity contribution in [2.24, 2.45) is 0 Å². The highest BCUT2D eigenvalue weighted by Gasteiger charge is 2.32. The van der Waals surface area contributed by atoms with Gasteiger partial charge in [0.2, 0.25) is 0 Å². The Kier molecular flexibility index (Phi) is 2.75. The summed E-state index contributed by atoms with van der Waals surface area (Å²) in [5.74, 6) is -1.16. The van der Waals surface area contributed by atoms with E-state index in [1.807, 2.05) is 0 Å². The zero-order valence-electron chi connectivity index (χ0n) is 10.3. The van der Waals surface area contributed by atoms with Crippen LogP contribution in [0.25, 0.3) is 22.2 Å². The molecule has 2 heterocycles. The summed E-state index contributed by atoms with van der Waals surface area (Å²) in [6, 6.07) is 6.91. The number of halogens is 3. The topological polar surface area (TPSA) is 81.8 Å². The molecule has 3 rings (SSSR count). The monoisotopic (exact) mass is 295 g/mol. The van der Waals surface area contributed by atoms with Crippen molar-refractivity contribution in [3.63, 3.8) is 0 Å². The summed E-state index contributed by atoms with van der Waals surface area (Å²) in [6.07, 6.45) is -4.44. The molecule has 0 radical (unpaired) electrons. The van der Waals surface area contributed by atoms with Gasteiger partial charge in [0.25, 0.3) is 0 Å². The van der Waals surface area contributed by atoms with Crippen LogP contribution in [0.15, 0.2) is 30.3 Å². The third-order valence-corrected chi connectivity index (χ3v) is 3.03. The number of H-pyrrole nitrogens is 2. The van der Waals surface area contributed by atoms with Gasteiger partial charge in [0, 0.05) is 16.5 Å². The number of aromatic amines is 2. The predicted molar refractivity (Wildman–Crippen MR) is 67.8 cm³/mol. The third kappa shape index (κ3) is 2.35. The summed E-state index contributed by atoms with van der Waals surface area (Å²) in [5, 5.41) is 15.4. The van der Waals surface area contributed by atoms with Crippen LogP contribution >= 0.6 is 0 Å². The van der Waals surface area contributed by atoms with E-state index in [-0.39, 0.29) is 5.69 Å². The minimum absolute atomic E-state index is 0.0878. The highest BCUT2D eigenvalue weighted by atomic mass is 19.4. The summed E-state index contributed by atoms with van der Waals surface area (Å²) in [5.41, 5.74) is 0.307. The Morgan fingerprint density at radius 1 is 1.19 bits per heavy atom. The van der Waals surface area contributed by atoms with E-state index >= 15 is 0 Å². The van der Waals surface area contributed by atoms with Crippen LogP contribution in [0, 0.1) is 0 Å². The summed E-state index contributed by atoms with van der Waals surface area (Å²) in [4.78, 5) is 13.1. The van der Waals surface area contributed by atoms with E-state index < -0.39 is 17.8 Å². The Balaban J connectivity index is 2.05. The van der Waals surface area contributed by atoms with E-state index in [9.17, 15) is 18.0 Å². The molecule has 3 N–H and O–H groups in total. The summed E-state index contributed by atoms with van der Waals surface area (Å²) in [7, 11) is 0. The molecule has 0 spiro atoms. The lowest BCUT2D eigenvalue weighted by Gasteiger charge is -2.00. The molecule has 8 heteroatoms. The summed E-state index contributed by atoms with van der Waals surface area (Å²) >= 11 is 0. The SMILES string of the molecule is O=C(O)c1cc(-c2ccc3[nH]c(C(F)(F)F)cc3c2)n[nH]1. The Morgan fingerprint density at radius 3 is 2.57 bits per heavy atom. The number of carboxylic acids is 1. The van der Waals surface area contributed by atoms with E-state index in [1.54, 1.807) is 6.07 Å². The number of nitrogens with zero attached hydrogens (tertiary/aromatic N) is 1. The van der Waals surface area contributed by atoms with Crippen molar-refractivity contribution in [2.45, 2.75) is 6.18 Å². The van der Waals surface area contributed by atoms with Gasteiger partial charge in [-0.1, -0.05) is 6.07 Å². The number of alkyl halides is 3. The molecule has 5 nitrogen and oxygen atoms in total. The first-order valence-electron chi connectivity index (χ1n) is 5.83. The Bertz CT molecular complexity index is 833. The molecular formula is C13H8F3N3O2. The fraction of sp³-hybridized carbons (Fsp3) is 0.0769. The molecule has 0 aliphatic rings. The van der Waals surface area contributed by atoms with Gasteiger partial charge in [-0.2, -0.15) is 18.3 Å². The molecule has 21 heavy (non-hydrogen) atoms. The maximum absolute atomic E-state index is 12.6. The number of carboxylic acid groups (broad SMARTS) is 1. The van der Waals surface area contributed by atoms with Gasteiger partial charge in [-0.3, -0.25) is 5.10 Å². The average molecular weight is 295 g/mol. The van der Waals surface area contributed by atoms with Crippen LogP contribution in [0.1, 0.15) is 16.2 Å². The van der Waals surface area contributed by atoms with Gasteiger partial charge < -0.3 is 10.1 Å². The average Bonchev–Trinajstić information content (AvgIpc) is 3.04. The molecule has 0 saturated carbocycles. The molecule has 0 saturated heterocycles. The molecule has 0 fully saturated rings. The van der Waals surface area contributed by atoms with Crippen molar-refractivity contribution in [1.29, 1.82) is 0 Å². The van der Waals surface area contributed by atoms with Crippen LogP contribution in [0.2, 0.25) is 0 Å². The number of hydrogen-bond acceptors (Lipinski definition) is 2. The number of fused-ring (bicyclic) bond motifs is 1. The van der Waals surface area contributed by atoms with Crippen molar-refractivity contribution in [2.75, 3.05) is 0 Å². The van der Waals surface area contributed by atoms with Crippen LogP contribution < -0.4 is 0 Å². The van der Waals surface area contributed by atoms with E-state index in [0.29, 0.717) is 22.2 Å². The normalized spacial score (nSPS) is 12.0. The first-order chi connectivity index (χ1) is 9.84. The second-order valence-electron chi connectivity index (χ2n) is 4.45. The molecule has 0 amide bonds. The fourth-order valence-corrected chi connectivity index (χ4v) is 2.02. The largest absolute Gasteiger partial charge is 0.477 e. The zero-order valence-corrected chi connectivity index (χ0v) is 10.3. The van der Waals surface area contributed by atoms with Gasteiger partial charge in [-0.05, 0) is 24.3 Å². The summed E-state index contributed by atoms with van der Waals surface area (Å²) in [6.45, 7) is 0. The quantitative estimate of drug-likeness (QED) is 0.678. The third-order valence-electron chi connectivity index (χ3n) is 3.03. The smallest absolute Gasteiger partial charge is 0.431 e. The van der Waals surface area contributed by atoms with Crippen molar-refractivity contribution in [3.05, 3.63) is 41.7 Å². The highest BCUT2D eigenvalue weighted by Crippen LogP contribution is 2.32. The maximum atomic E-state index is 12.6. The molecule has 1 aromatic carbocycles. The van der Waals surface area contributed by atoms with Gasteiger partial charge in [0.05, 0.1) is 5.69 Å². The zero-order chi connectivity index (χ0) is 15.2. The van der Waals surface area contributed by atoms with Gasteiger partial charge in [0.15, 0.2) is 0 Å². The van der Waals surface area contributed by atoms with Crippen LogP contribution in [0.4, 0.5) is 13.2 Å². The van der Waals surface area contributed by atoms with Crippen molar-refractivity contribution in [3.8, 4) is 11.3 Å². The number of aromatic carboxylic acids is 1. The highest BCUT2D eigenvalue weighted by molar-refractivity contribution is 5.89. The number of hydrogen-bond donors (Lipinski definition) is 3. The molecule has 3 aromatic rings. The van der Waals surface area contributed by atoms with Crippen LogP contribution in [-0.2, 0) is 6.18 Å². The minimum Gasteiger partial charge on any atom is -0.477 e. The minimum atomic E-state index is -4.44.